The van der Waals surface area contributed by atoms with Crippen LogP contribution in [-0.2, 0) is 6.54 Å². The lowest BCUT2D eigenvalue weighted by molar-refractivity contribution is 0.193. The summed E-state index contributed by atoms with van der Waals surface area (Å²) >= 11 is 0. The van der Waals surface area contributed by atoms with Crippen molar-refractivity contribution in [2.75, 3.05) is 31.1 Å². The van der Waals surface area contributed by atoms with Gasteiger partial charge in [-0.2, -0.15) is 0 Å². The average molecular weight is 331 g/mol. The van der Waals surface area contributed by atoms with Gasteiger partial charge in [-0.3, -0.25) is 0 Å². The third-order valence-corrected chi connectivity index (χ3v) is 4.15. The van der Waals surface area contributed by atoms with E-state index in [0.29, 0.717) is 37.4 Å². The molecule has 1 heterocycles. The molecule has 0 unspecified atom stereocenters. The second-order valence-electron chi connectivity index (χ2n) is 5.68. The van der Waals surface area contributed by atoms with Crippen LogP contribution in [0, 0.1) is 11.6 Å². The number of amides is 2. The van der Waals surface area contributed by atoms with Gasteiger partial charge in [0.15, 0.2) is 0 Å². The number of anilines is 1. The highest BCUT2D eigenvalue weighted by molar-refractivity contribution is 5.74. The molecule has 1 fully saturated rings. The second kappa shape index (κ2) is 7.29. The molecule has 24 heavy (non-hydrogen) atoms. The number of halogens is 2. The predicted molar refractivity (Wildman–Crippen MR) is 88.8 cm³/mol. The molecule has 0 aliphatic carbocycles. The molecule has 2 aromatic carbocycles. The molecule has 0 spiro atoms. The van der Waals surface area contributed by atoms with E-state index in [0.717, 1.165) is 0 Å². The van der Waals surface area contributed by atoms with E-state index in [-0.39, 0.29) is 24.2 Å². The Kier molecular flexibility index (Phi) is 4.93. The van der Waals surface area contributed by atoms with Crippen LogP contribution in [0.15, 0.2) is 48.5 Å². The van der Waals surface area contributed by atoms with Crippen molar-refractivity contribution >= 4 is 11.7 Å². The number of nitrogens with zero attached hydrogens (tertiary/aromatic N) is 2. The summed E-state index contributed by atoms with van der Waals surface area (Å²) in [6.45, 7) is 2.27. The van der Waals surface area contributed by atoms with E-state index in [9.17, 15) is 13.6 Å². The zero-order chi connectivity index (χ0) is 16.9. The van der Waals surface area contributed by atoms with Crippen molar-refractivity contribution in [1.82, 2.24) is 10.2 Å². The van der Waals surface area contributed by atoms with E-state index in [1.54, 1.807) is 41.3 Å². The molecule has 0 saturated carbocycles. The zero-order valence-corrected chi connectivity index (χ0v) is 13.2. The number of hydrogen-bond donors (Lipinski definition) is 1. The van der Waals surface area contributed by atoms with Crippen LogP contribution in [0.2, 0.25) is 0 Å². The van der Waals surface area contributed by atoms with Gasteiger partial charge in [0, 0.05) is 38.3 Å². The number of carbonyl (C=O) groups is 1. The first kappa shape index (κ1) is 16.2. The first-order valence-electron chi connectivity index (χ1n) is 7.91. The van der Waals surface area contributed by atoms with E-state index < -0.39 is 0 Å². The van der Waals surface area contributed by atoms with Crippen LogP contribution in [0.3, 0.4) is 0 Å². The molecule has 1 saturated heterocycles. The molecule has 0 bridgehead atoms. The van der Waals surface area contributed by atoms with E-state index >= 15 is 0 Å². The standard InChI is InChI=1S/C18H19F2N3O/c19-15-6-2-1-5-14(15)13-21-18(24)23-11-9-22(10-12-23)17-8-4-3-7-16(17)20/h1-8H,9-13H2,(H,21,24). The van der Waals surface area contributed by atoms with Gasteiger partial charge in [0.05, 0.1) is 5.69 Å². The third kappa shape index (κ3) is 3.64. The largest absolute Gasteiger partial charge is 0.366 e. The van der Waals surface area contributed by atoms with Crippen LogP contribution in [0.25, 0.3) is 0 Å². The number of urea groups is 1. The number of carbonyl (C=O) groups excluding carboxylic acids is 1. The van der Waals surface area contributed by atoms with Gasteiger partial charge >= 0.3 is 6.03 Å². The molecule has 4 nitrogen and oxygen atoms in total. The smallest absolute Gasteiger partial charge is 0.317 e. The quantitative estimate of drug-likeness (QED) is 0.938. The van der Waals surface area contributed by atoms with Gasteiger partial charge in [0.2, 0.25) is 0 Å². The van der Waals surface area contributed by atoms with Crippen molar-refractivity contribution in [3.63, 3.8) is 0 Å². The summed E-state index contributed by atoms with van der Waals surface area (Å²) in [4.78, 5) is 15.8. The molecule has 2 amide bonds. The van der Waals surface area contributed by atoms with Gasteiger partial charge < -0.3 is 15.1 Å². The Bertz CT molecular complexity index is 715. The fourth-order valence-electron chi connectivity index (χ4n) is 2.78. The molecule has 1 aliphatic rings. The Hall–Kier alpha value is -2.63. The van der Waals surface area contributed by atoms with Crippen molar-refractivity contribution in [3.05, 3.63) is 65.7 Å². The van der Waals surface area contributed by atoms with Crippen LogP contribution in [-0.4, -0.2) is 37.1 Å². The lowest BCUT2D eigenvalue weighted by Crippen LogP contribution is -2.51. The summed E-state index contributed by atoms with van der Waals surface area (Å²) in [6, 6.07) is 12.8. The molecule has 0 aromatic heterocycles. The Morgan fingerprint density at radius 1 is 0.917 bits per heavy atom. The molecule has 2 aromatic rings. The summed E-state index contributed by atoms with van der Waals surface area (Å²) in [7, 11) is 0. The lowest BCUT2D eigenvalue weighted by atomic mass is 10.2. The molecular formula is C18H19F2N3O. The maximum Gasteiger partial charge on any atom is 0.317 e. The minimum Gasteiger partial charge on any atom is -0.366 e. The molecule has 1 aliphatic heterocycles. The first-order chi connectivity index (χ1) is 11.6. The van der Waals surface area contributed by atoms with Gasteiger partial charge in [-0.15, -0.1) is 0 Å². The highest BCUT2D eigenvalue weighted by Gasteiger charge is 2.22. The van der Waals surface area contributed by atoms with Gasteiger partial charge in [-0.25, -0.2) is 13.6 Å². The number of hydrogen-bond acceptors (Lipinski definition) is 2. The number of rotatable bonds is 3. The van der Waals surface area contributed by atoms with E-state index in [2.05, 4.69) is 5.32 Å². The summed E-state index contributed by atoms with van der Waals surface area (Å²) in [5.41, 5.74) is 1.01. The molecule has 0 atom stereocenters. The Morgan fingerprint density at radius 2 is 1.54 bits per heavy atom. The summed E-state index contributed by atoms with van der Waals surface area (Å²) < 4.78 is 27.4. The van der Waals surface area contributed by atoms with Crippen LogP contribution in [0.5, 0.6) is 0 Å². The van der Waals surface area contributed by atoms with Crippen molar-refractivity contribution < 1.29 is 13.6 Å². The van der Waals surface area contributed by atoms with Gasteiger partial charge in [0.25, 0.3) is 0 Å². The number of benzene rings is 2. The zero-order valence-electron chi connectivity index (χ0n) is 13.2. The summed E-state index contributed by atoms with van der Waals surface area (Å²) in [6.07, 6.45) is 0. The van der Waals surface area contributed by atoms with E-state index in [4.69, 9.17) is 0 Å². The Labute approximate surface area is 139 Å². The van der Waals surface area contributed by atoms with E-state index in [1.807, 2.05) is 4.90 Å². The minimum absolute atomic E-state index is 0.152. The van der Waals surface area contributed by atoms with Crippen molar-refractivity contribution in [2.45, 2.75) is 6.54 Å². The van der Waals surface area contributed by atoms with Crippen LogP contribution >= 0.6 is 0 Å². The molecule has 1 N–H and O–H groups in total. The topological polar surface area (TPSA) is 35.6 Å². The second-order valence-corrected chi connectivity index (χ2v) is 5.68. The average Bonchev–Trinajstić information content (AvgIpc) is 2.61. The molecule has 126 valence electrons. The number of nitrogens with one attached hydrogen (secondary N) is 1. The van der Waals surface area contributed by atoms with Crippen LogP contribution in [0.1, 0.15) is 5.56 Å². The molecule has 3 rings (SSSR count). The van der Waals surface area contributed by atoms with Gasteiger partial charge in [-0.05, 0) is 18.2 Å². The van der Waals surface area contributed by atoms with Gasteiger partial charge in [-0.1, -0.05) is 30.3 Å². The van der Waals surface area contributed by atoms with Crippen molar-refractivity contribution in [2.24, 2.45) is 0 Å². The van der Waals surface area contributed by atoms with E-state index in [1.165, 1.54) is 12.1 Å². The van der Waals surface area contributed by atoms with Crippen LogP contribution < -0.4 is 10.2 Å². The Balaban J connectivity index is 1.52. The molecular weight excluding hydrogens is 312 g/mol. The lowest BCUT2D eigenvalue weighted by Gasteiger charge is -2.36. The van der Waals surface area contributed by atoms with Crippen molar-refractivity contribution in [3.8, 4) is 0 Å². The molecule has 0 radical (unpaired) electrons. The fourth-order valence-corrected chi connectivity index (χ4v) is 2.78. The van der Waals surface area contributed by atoms with Gasteiger partial charge in [0.1, 0.15) is 11.6 Å². The SMILES string of the molecule is O=C(NCc1ccccc1F)N1CCN(c2ccccc2F)CC1. The van der Waals surface area contributed by atoms with Crippen LogP contribution in [0.4, 0.5) is 19.3 Å². The minimum atomic E-state index is -0.331. The maximum absolute atomic E-state index is 13.8. The maximum atomic E-state index is 13.8. The number of piperazine rings is 1. The molecule has 6 heteroatoms. The first-order valence-corrected chi connectivity index (χ1v) is 7.91. The monoisotopic (exact) mass is 331 g/mol. The third-order valence-electron chi connectivity index (χ3n) is 4.15. The Morgan fingerprint density at radius 3 is 2.21 bits per heavy atom. The summed E-state index contributed by atoms with van der Waals surface area (Å²) in [5, 5.41) is 2.73. The number of para-hydroxylation sites is 1. The predicted octanol–water partition coefficient (Wildman–Crippen LogP) is 3.00. The summed E-state index contributed by atoms with van der Waals surface area (Å²) in [5.74, 6) is -0.586. The normalized spacial score (nSPS) is 14.6. The highest BCUT2D eigenvalue weighted by Crippen LogP contribution is 2.20. The fraction of sp³-hybridized carbons (Fsp3) is 0.278. The van der Waals surface area contributed by atoms with Crippen molar-refractivity contribution in [1.29, 1.82) is 0 Å². The highest BCUT2D eigenvalue weighted by atomic mass is 19.1.